The molecule has 1 amide bonds. The van der Waals surface area contributed by atoms with Crippen LogP contribution >= 0.6 is 23.2 Å². The summed E-state index contributed by atoms with van der Waals surface area (Å²) in [7, 11) is 0. The van der Waals surface area contributed by atoms with Gasteiger partial charge in [0.25, 0.3) is 5.91 Å². The molecule has 0 saturated carbocycles. The predicted octanol–water partition coefficient (Wildman–Crippen LogP) is 5.09. The molecule has 0 spiro atoms. The van der Waals surface area contributed by atoms with Crippen molar-refractivity contribution in [2.75, 3.05) is 13.1 Å². The molecule has 0 radical (unpaired) electrons. The van der Waals surface area contributed by atoms with Crippen LogP contribution in [0.15, 0.2) is 36.4 Å². The maximum atomic E-state index is 13.7. The minimum atomic E-state index is -0.509. The number of benzene rings is 2. The summed E-state index contributed by atoms with van der Waals surface area (Å²) in [5, 5.41) is 0.712. The van der Waals surface area contributed by atoms with Crippen molar-refractivity contribution in [3.8, 4) is 0 Å². The lowest BCUT2D eigenvalue weighted by Crippen LogP contribution is -2.43. The third kappa shape index (κ3) is 4.53. The predicted molar refractivity (Wildman–Crippen MR) is 96.5 cm³/mol. The SMILES string of the molecule is O=C(c1ccc(Cl)c(Cl)c1)N1CCC[C@@H](OCc2cc(F)ccc2F)C1. The van der Waals surface area contributed by atoms with Gasteiger partial charge < -0.3 is 9.64 Å². The molecule has 0 aromatic heterocycles. The summed E-state index contributed by atoms with van der Waals surface area (Å²) in [6, 6.07) is 8.02. The van der Waals surface area contributed by atoms with Gasteiger partial charge in [0.1, 0.15) is 11.6 Å². The van der Waals surface area contributed by atoms with Crippen molar-refractivity contribution < 1.29 is 18.3 Å². The molecule has 2 aromatic rings. The van der Waals surface area contributed by atoms with Crippen LogP contribution in [0.2, 0.25) is 10.0 Å². The Hall–Kier alpha value is -1.69. The minimum absolute atomic E-state index is 0.0386. The Labute approximate surface area is 160 Å². The van der Waals surface area contributed by atoms with Crippen LogP contribution < -0.4 is 0 Å². The summed E-state index contributed by atoms with van der Waals surface area (Å²) < 4.78 is 32.6. The zero-order valence-electron chi connectivity index (χ0n) is 13.9. The summed E-state index contributed by atoms with van der Waals surface area (Å²) in [5.41, 5.74) is 0.620. The number of halogens is 4. The highest BCUT2D eigenvalue weighted by Gasteiger charge is 2.25. The van der Waals surface area contributed by atoms with Crippen LogP contribution in [0.1, 0.15) is 28.8 Å². The van der Waals surface area contributed by atoms with Gasteiger partial charge in [-0.3, -0.25) is 4.79 Å². The van der Waals surface area contributed by atoms with E-state index in [9.17, 15) is 13.6 Å². The minimum Gasteiger partial charge on any atom is -0.372 e. The molecular formula is C19H17Cl2F2NO2. The van der Waals surface area contributed by atoms with Crippen LogP contribution in [0.25, 0.3) is 0 Å². The van der Waals surface area contributed by atoms with Crippen molar-refractivity contribution in [2.45, 2.75) is 25.6 Å². The largest absolute Gasteiger partial charge is 0.372 e. The number of nitrogens with zero attached hydrogens (tertiary/aromatic N) is 1. The van der Waals surface area contributed by atoms with Crippen LogP contribution in [-0.4, -0.2) is 30.0 Å². The normalized spacial score (nSPS) is 17.4. The quantitative estimate of drug-likeness (QED) is 0.716. The van der Waals surface area contributed by atoms with Crippen molar-refractivity contribution in [1.82, 2.24) is 4.90 Å². The van der Waals surface area contributed by atoms with Crippen molar-refractivity contribution in [2.24, 2.45) is 0 Å². The van der Waals surface area contributed by atoms with Crippen LogP contribution in [0.4, 0.5) is 8.78 Å². The Morgan fingerprint density at radius 2 is 1.96 bits per heavy atom. The van der Waals surface area contributed by atoms with E-state index in [1.165, 1.54) is 0 Å². The average molecular weight is 400 g/mol. The van der Waals surface area contributed by atoms with E-state index in [2.05, 4.69) is 0 Å². The first kappa shape index (κ1) is 19.1. The molecule has 0 aliphatic carbocycles. The molecule has 1 aliphatic rings. The van der Waals surface area contributed by atoms with Crippen molar-refractivity contribution >= 4 is 29.1 Å². The lowest BCUT2D eigenvalue weighted by Gasteiger charge is -2.33. The first-order valence-corrected chi connectivity index (χ1v) is 8.99. The van der Waals surface area contributed by atoms with E-state index >= 15 is 0 Å². The lowest BCUT2D eigenvalue weighted by atomic mass is 10.1. The van der Waals surface area contributed by atoms with Gasteiger partial charge in [0, 0.05) is 24.2 Å². The third-order valence-electron chi connectivity index (χ3n) is 4.31. The van der Waals surface area contributed by atoms with Crippen molar-refractivity contribution in [1.29, 1.82) is 0 Å². The van der Waals surface area contributed by atoms with Crippen LogP contribution in [-0.2, 0) is 11.3 Å². The van der Waals surface area contributed by atoms with Gasteiger partial charge in [-0.2, -0.15) is 0 Å². The van der Waals surface area contributed by atoms with Gasteiger partial charge in [-0.15, -0.1) is 0 Å². The van der Waals surface area contributed by atoms with Gasteiger partial charge in [0.05, 0.1) is 22.8 Å². The number of hydrogen-bond donors (Lipinski definition) is 0. The molecule has 1 aliphatic heterocycles. The van der Waals surface area contributed by atoms with Crippen molar-refractivity contribution in [3.63, 3.8) is 0 Å². The fourth-order valence-corrected chi connectivity index (χ4v) is 3.23. The van der Waals surface area contributed by atoms with Crippen LogP contribution in [0, 0.1) is 11.6 Å². The summed E-state index contributed by atoms with van der Waals surface area (Å²) in [5.74, 6) is -1.18. The first-order valence-electron chi connectivity index (χ1n) is 8.24. The van der Waals surface area contributed by atoms with Crippen molar-refractivity contribution in [3.05, 3.63) is 69.2 Å². The molecule has 0 N–H and O–H groups in total. The molecule has 1 atom stereocenters. The second-order valence-electron chi connectivity index (χ2n) is 6.19. The molecule has 1 fully saturated rings. The van der Waals surface area contributed by atoms with Gasteiger partial charge in [-0.1, -0.05) is 23.2 Å². The van der Waals surface area contributed by atoms with E-state index in [0.29, 0.717) is 28.7 Å². The smallest absolute Gasteiger partial charge is 0.253 e. The van der Waals surface area contributed by atoms with Gasteiger partial charge in [0.15, 0.2) is 0 Å². The number of likely N-dealkylation sites (tertiary alicyclic amines) is 1. The average Bonchev–Trinajstić information content (AvgIpc) is 2.64. The standard InChI is InChI=1S/C19H17Cl2F2NO2/c20-16-5-3-12(9-17(16)21)19(25)24-7-1-2-15(10-24)26-11-13-8-14(22)4-6-18(13)23/h3-6,8-9,15H,1-2,7,10-11H2/t15-/m1/s1. The number of carbonyl (C=O) groups excluding carboxylic acids is 1. The Morgan fingerprint density at radius 3 is 2.73 bits per heavy atom. The third-order valence-corrected chi connectivity index (χ3v) is 5.05. The van der Waals surface area contributed by atoms with E-state index < -0.39 is 11.6 Å². The maximum Gasteiger partial charge on any atom is 0.253 e. The molecule has 1 heterocycles. The molecule has 138 valence electrons. The maximum absolute atomic E-state index is 13.7. The van der Waals surface area contributed by atoms with E-state index in [-0.39, 0.29) is 24.2 Å². The highest BCUT2D eigenvalue weighted by atomic mass is 35.5. The Kier molecular flexibility index (Phi) is 6.12. The lowest BCUT2D eigenvalue weighted by molar-refractivity contribution is -0.00769. The summed E-state index contributed by atoms with van der Waals surface area (Å²) in [6.45, 7) is 0.951. The van der Waals surface area contributed by atoms with Gasteiger partial charge in [-0.25, -0.2) is 8.78 Å². The van der Waals surface area contributed by atoms with Crippen LogP contribution in [0.5, 0.6) is 0 Å². The molecule has 26 heavy (non-hydrogen) atoms. The number of ether oxygens (including phenoxy) is 1. The zero-order valence-corrected chi connectivity index (χ0v) is 15.4. The molecule has 2 aromatic carbocycles. The Morgan fingerprint density at radius 1 is 1.15 bits per heavy atom. The van der Waals surface area contributed by atoms with E-state index in [1.54, 1.807) is 23.1 Å². The molecule has 7 heteroatoms. The number of hydrogen-bond acceptors (Lipinski definition) is 2. The number of rotatable bonds is 4. The number of piperidine rings is 1. The van der Waals surface area contributed by atoms with E-state index in [4.69, 9.17) is 27.9 Å². The highest BCUT2D eigenvalue weighted by Crippen LogP contribution is 2.24. The van der Waals surface area contributed by atoms with E-state index in [1.807, 2.05) is 0 Å². The second-order valence-corrected chi connectivity index (χ2v) is 7.01. The molecule has 1 saturated heterocycles. The molecule has 0 unspecified atom stereocenters. The summed E-state index contributed by atoms with van der Waals surface area (Å²) in [6.07, 6.45) is 1.28. The molecular weight excluding hydrogens is 383 g/mol. The number of amides is 1. The topological polar surface area (TPSA) is 29.5 Å². The summed E-state index contributed by atoms with van der Waals surface area (Å²) in [4.78, 5) is 14.3. The van der Waals surface area contributed by atoms with Crippen LogP contribution in [0.3, 0.4) is 0 Å². The van der Waals surface area contributed by atoms with Gasteiger partial charge in [0.2, 0.25) is 0 Å². The second kappa shape index (κ2) is 8.33. The monoisotopic (exact) mass is 399 g/mol. The Bertz CT molecular complexity index is 816. The summed E-state index contributed by atoms with van der Waals surface area (Å²) >= 11 is 11.9. The first-order chi connectivity index (χ1) is 12.4. The zero-order chi connectivity index (χ0) is 18.7. The number of carbonyl (C=O) groups is 1. The highest BCUT2D eigenvalue weighted by molar-refractivity contribution is 6.42. The molecule has 0 bridgehead atoms. The van der Waals surface area contributed by atoms with E-state index in [0.717, 1.165) is 31.0 Å². The van der Waals surface area contributed by atoms with Gasteiger partial charge >= 0.3 is 0 Å². The molecule has 3 nitrogen and oxygen atoms in total. The Balaban J connectivity index is 1.62. The fraction of sp³-hybridized carbons (Fsp3) is 0.316. The fourth-order valence-electron chi connectivity index (χ4n) is 2.93. The van der Waals surface area contributed by atoms with Gasteiger partial charge in [-0.05, 0) is 49.2 Å². The molecule has 3 rings (SSSR count).